The third kappa shape index (κ3) is 4.70. The van der Waals surface area contributed by atoms with E-state index in [1.54, 1.807) is 0 Å². The number of carboxylic acid groups (broad SMARTS) is 1. The fraction of sp³-hybridized carbons (Fsp3) is 0.818. The van der Waals surface area contributed by atoms with Gasteiger partial charge in [-0.25, -0.2) is 4.79 Å². The number of hydrogen-bond donors (Lipinski definition) is 4. The Hall–Kier alpha value is -1.14. The molecule has 0 aromatic carbocycles. The Morgan fingerprint density at radius 1 is 1.41 bits per heavy atom. The first-order chi connectivity index (χ1) is 8.00. The molecule has 0 spiro atoms. The molecule has 0 saturated carbocycles. The van der Waals surface area contributed by atoms with Crippen LogP contribution in [0.3, 0.4) is 0 Å². The summed E-state index contributed by atoms with van der Waals surface area (Å²) in [5, 5.41) is 23.6. The predicted octanol–water partition coefficient (Wildman–Crippen LogP) is -0.674. The minimum absolute atomic E-state index is 0.301. The highest BCUT2D eigenvalue weighted by molar-refractivity contribution is 5.84. The molecule has 6 nitrogen and oxygen atoms in total. The van der Waals surface area contributed by atoms with E-state index in [0.717, 1.165) is 25.9 Å². The molecule has 98 valence electrons. The second-order valence-electron chi connectivity index (χ2n) is 4.52. The van der Waals surface area contributed by atoms with Gasteiger partial charge in [0.15, 0.2) is 6.04 Å². The maximum Gasteiger partial charge on any atom is 0.328 e. The van der Waals surface area contributed by atoms with Gasteiger partial charge in [-0.3, -0.25) is 4.79 Å². The number of aliphatic carboxylic acids is 1. The van der Waals surface area contributed by atoms with Gasteiger partial charge in [0.05, 0.1) is 6.10 Å². The lowest BCUT2D eigenvalue weighted by molar-refractivity contribution is -0.145. The number of nitrogens with one attached hydrogen (secondary N) is 2. The van der Waals surface area contributed by atoms with Crippen molar-refractivity contribution in [3.8, 4) is 0 Å². The number of carbonyl (C=O) groups excluding carboxylic acids is 1. The van der Waals surface area contributed by atoms with Crippen LogP contribution in [0.15, 0.2) is 0 Å². The summed E-state index contributed by atoms with van der Waals surface area (Å²) in [5.74, 6) is -1.21. The summed E-state index contributed by atoms with van der Waals surface area (Å²) >= 11 is 0. The fourth-order valence-corrected chi connectivity index (χ4v) is 1.97. The molecule has 0 radical (unpaired) electrons. The lowest BCUT2D eigenvalue weighted by Gasteiger charge is -2.23. The van der Waals surface area contributed by atoms with Gasteiger partial charge in [0, 0.05) is 6.42 Å². The van der Waals surface area contributed by atoms with E-state index in [2.05, 4.69) is 10.6 Å². The first-order valence-electron chi connectivity index (χ1n) is 5.91. The van der Waals surface area contributed by atoms with E-state index in [0.29, 0.717) is 12.3 Å². The van der Waals surface area contributed by atoms with Crippen molar-refractivity contribution in [1.29, 1.82) is 0 Å². The summed E-state index contributed by atoms with van der Waals surface area (Å²) in [7, 11) is 0. The number of carbonyl (C=O) groups is 2. The maximum absolute atomic E-state index is 11.6. The third-order valence-electron chi connectivity index (χ3n) is 3.00. The topological polar surface area (TPSA) is 98.7 Å². The van der Waals surface area contributed by atoms with Crippen LogP contribution in [-0.2, 0) is 9.59 Å². The lowest BCUT2D eigenvalue weighted by atomic mass is 9.94. The highest BCUT2D eigenvalue weighted by atomic mass is 16.4. The molecule has 1 rings (SSSR count). The van der Waals surface area contributed by atoms with Gasteiger partial charge in [-0.2, -0.15) is 0 Å². The van der Waals surface area contributed by atoms with Crippen LogP contribution in [0.1, 0.15) is 26.2 Å². The van der Waals surface area contributed by atoms with Crippen molar-refractivity contribution < 1.29 is 19.8 Å². The highest BCUT2D eigenvalue weighted by Gasteiger charge is 2.26. The SMILES string of the molecule is C[C@@H](O)[C@H](NC(=O)CC1CCNCC1)C(=O)O. The minimum Gasteiger partial charge on any atom is -0.480 e. The van der Waals surface area contributed by atoms with Crippen LogP contribution in [0.4, 0.5) is 0 Å². The van der Waals surface area contributed by atoms with E-state index >= 15 is 0 Å². The summed E-state index contributed by atoms with van der Waals surface area (Å²) in [6.07, 6.45) is 1.10. The van der Waals surface area contributed by atoms with Crippen molar-refractivity contribution in [3.05, 3.63) is 0 Å². The van der Waals surface area contributed by atoms with E-state index in [4.69, 9.17) is 5.11 Å². The molecule has 4 N–H and O–H groups in total. The number of aliphatic hydroxyl groups excluding tert-OH is 1. The summed E-state index contributed by atoms with van der Waals surface area (Å²) in [4.78, 5) is 22.4. The number of piperidine rings is 1. The monoisotopic (exact) mass is 244 g/mol. The van der Waals surface area contributed by atoms with Crippen LogP contribution in [0, 0.1) is 5.92 Å². The van der Waals surface area contributed by atoms with Crippen LogP contribution in [0.2, 0.25) is 0 Å². The molecule has 0 aromatic rings. The second kappa shape index (κ2) is 6.56. The van der Waals surface area contributed by atoms with Crippen LogP contribution in [0.5, 0.6) is 0 Å². The van der Waals surface area contributed by atoms with Gasteiger partial charge in [0.25, 0.3) is 0 Å². The highest BCUT2D eigenvalue weighted by Crippen LogP contribution is 2.15. The fourth-order valence-electron chi connectivity index (χ4n) is 1.97. The normalized spacial score (nSPS) is 20.6. The van der Waals surface area contributed by atoms with Crippen molar-refractivity contribution in [3.63, 3.8) is 0 Å². The molecular weight excluding hydrogens is 224 g/mol. The average Bonchev–Trinajstić information content (AvgIpc) is 2.26. The standard InChI is InChI=1S/C11H20N2O4/c1-7(14)10(11(16)17)13-9(15)6-8-2-4-12-5-3-8/h7-8,10,12,14H,2-6H2,1H3,(H,13,15)(H,16,17)/t7-,10+/m1/s1. The molecule has 1 saturated heterocycles. The smallest absolute Gasteiger partial charge is 0.328 e. The first-order valence-corrected chi connectivity index (χ1v) is 5.91. The number of carboxylic acids is 1. The zero-order valence-corrected chi connectivity index (χ0v) is 9.98. The zero-order chi connectivity index (χ0) is 12.8. The predicted molar refractivity (Wildman–Crippen MR) is 61.5 cm³/mol. The molecule has 1 heterocycles. The van der Waals surface area contributed by atoms with Crippen molar-refractivity contribution in [2.75, 3.05) is 13.1 Å². The van der Waals surface area contributed by atoms with Gasteiger partial charge in [0.2, 0.25) is 5.91 Å². The molecule has 6 heteroatoms. The van der Waals surface area contributed by atoms with Crippen molar-refractivity contribution in [2.45, 2.75) is 38.3 Å². The van der Waals surface area contributed by atoms with Crippen molar-refractivity contribution >= 4 is 11.9 Å². The van der Waals surface area contributed by atoms with Gasteiger partial charge < -0.3 is 20.8 Å². The Morgan fingerprint density at radius 3 is 2.47 bits per heavy atom. The van der Waals surface area contributed by atoms with E-state index in [1.807, 2.05) is 0 Å². The van der Waals surface area contributed by atoms with E-state index in [9.17, 15) is 14.7 Å². The Kier molecular flexibility index (Phi) is 5.37. The summed E-state index contributed by atoms with van der Waals surface area (Å²) < 4.78 is 0. The minimum atomic E-state index is -1.22. The third-order valence-corrected chi connectivity index (χ3v) is 3.00. The average molecular weight is 244 g/mol. The molecular formula is C11H20N2O4. The molecule has 0 aliphatic carbocycles. The van der Waals surface area contributed by atoms with Crippen LogP contribution in [-0.4, -0.2) is 47.3 Å². The first kappa shape index (κ1) is 13.9. The molecule has 1 aliphatic heterocycles. The summed E-state index contributed by atoms with van der Waals surface area (Å²) in [5.41, 5.74) is 0. The van der Waals surface area contributed by atoms with Gasteiger partial charge in [-0.05, 0) is 38.8 Å². The molecule has 17 heavy (non-hydrogen) atoms. The summed E-state index contributed by atoms with van der Waals surface area (Å²) in [6, 6.07) is -1.22. The van der Waals surface area contributed by atoms with Crippen molar-refractivity contribution in [2.24, 2.45) is 5.92 Å². The number of rotatable bonds is 5. The molecule has 0 unspecified atom stereocenters. The second-order valence-corrected chi connectivity index (χ2v) is 4.52. The Morgan fingerprint density at radius 2 is 2.00 bits per heavy atom. The molecule has 0 bridgehead atoms. The number of amides is 1. The van der Waals surface area contributed by atoms with Gasteiger partial charge >= 0.3 is 5.97 Å². The summed E-state index contributed by atoms with van der Waals surface area (Å²) in [6.45, 7) is 3.15. The van der Waals surface area contributed by atoms with E-state index in [1.165, 1.54) is 6.92 Å². The molecule has 1 amide bonds. The van der Waals surface area contributed by atoms with Crippen molar-refractivity contribution in [1.82, 2.24) is 10.6 Å². The maximum atomic E-state index is 11.6. The Bertz CT molecular complexity index is 275. The Balaban J connectivity index is 2.38. The van der Waals surface area contributed by atoms with Crippen LogP contribution < -0.4 is 10.6 Å². The van der Waals surface area contributed by atoms with Crippen LogP contribution in [0.25, 0.3) is 0 Å². The van der Waals surface area contributed by atoms with E-state index in [-0.39, 0.29) is 5.91 Å². The van der Waals surface area contributed by atoms with E-state index < -0.39 is 18.1 Å². The molecule has 1 fully saturated rings. The van der Waals surface area contributed by atoms with Gasteiger partial charge in [-0.1, -0.05) is 0 Å². The molecule has 0 aromatic heterocycles. The molecule has 1 aliphatic rings. The zero-order valence-electron chi connectivity index (χ0n) is 9.98. The molecule has 2 atom stereocenters. The quantitative estimate of drug-likeness (QED) is 0.514. The Labute approximate surface area is 100 Å². The largest absolute Gasteiger partial charge is 0.480 e. The van der Waals surface area contributed by atoms with Crippen LogP contribution >= 0.6 is 0 Å². The van der Waals surface area contributed by atoms with Gasteiger partial charge in [-0.15, -0.1) is 0 Å². The number of hydrogen-bond acceptors (Lipinski definition) is 4. The number of aliphatic hydroxyl groups is 1. The van der Waals surface area contributed by atoms with Gasteiger partial charge in [0.1, 0.15) is 0 Å². The lowest BCUT2D eigenvalue weighted by Crippen LogP contribution is -2.48.